The maximum absolute atomic E-state index is 13.8. The number of amides is 1. The third-order valence-electron chi connectivity index (χ3n) is 2.62. The maximum atomic E-state index is 13.8. The summed E-state index contributed by atoms with van der Waals surface area (Å²) in [6.45, 7) is 4.47. The van der Waals surface area contributed by atoms with E-state index in [1.165, 1.54) is 7.11 Å². The number of likely N-dealkylation sites (tertiary alicyclic amines) is 1. The van der Waals surface area contributed by atoms with Crippen molar-refractivity contribution >= 4 is 12.1 Å². The second-order valence-electron chi connectivity index (χ2n) is 5.70. The first-order valence-electron chi connectivity index (χ1n) is 6.01. The minimum absolute atomic E-state index is 0.0339. The van der Waals surface area contributed by atoms with Crippen LogP contribution in [0.15, 0.2) is 0 Å². The number of β-amino-alcohol motifs (C(OH)–C–C–N with tert-alkyl or cyclic N) is 1. The predicted octanol–water partition coefficient (Wildman–Crippen LogP) is 1.07. The molecule has 0 aromatic heterocycles. The second kappa shape index (κ2) is 5.32. The van der Waals surface area contributed by atoms with E-state index in [1.807, 2.05) is 0 Å². The van der Waals surface area contributed by atoms with Crippen LogP contribution in [0.4, 0.5) is 9.18 Å². The SMILES string of the molecule is COC(=O)C1CN(C(=O)OC(C)(C)C)CC(O)(F)C1. The highest BCUT2D eigenvalue weighted by Crippen LogP contribution is 2.28. The lowest BCUT2D eigenvalue weighted by Gasteiger charge is -2.38. The van der Waals surface area contributed by atoms with Crippen LogP contribution in [-0.4, -0.2) is 53.7 Å². The summed E-state index contributed by atoms with van der Waals surface area (Å²) in [5, 5.41) is 9.48. The number of esters is 1. The van der Waals surface area contributed by atoms with Gasteiger partial charge in [-0.2, -0.15) is 0 Å². The molecule has 110 valence electrons. The summed E-state index contributed by atoms with van der Waals surface area (Å²) in [7, 11) is 1.17. The Hall–Kier alpha value is -1.37. The fraction of sp³-hybridized carbons (Fsp3) is 0.833. The van der Waals surface area contributed by atoms with Gasteiger partial charge in [-0.15, -0.1) is 0 Å². The number of carbonyl (C=O) groups excluding carboxylic acids is 2. The molecule has 1 aliphatic heterocycles. The predicted molar refractivity (Wildman–Crippen MR) is 64.0 cm³/mol. The maximum Gasteiger partial charge on any atom is 0.410 e. The normalized spacial score (nSPS) is 27.9. The zero-order chi connectivity index (χ0) is 14.8. The number of nitrogens with zero attached hydrogens (tertiary/aromatic N) is 1. The summed E-state index contributed by atoms with van der Waals surface area (Å²) < 4.78 is 23.4. The summed E-state index contributed by atoms with van der Waals surface area (Å²) in [4.78, 5) is 24.2. The van der Waals surface area contributed by atoms with E-state index in [0.29, 0.717) is 0 Å². The molecule has 1 aliphatic rings. The Labute approximate surface area is 111 Å². The number of hydrogen-bond acceptors (Lipinski definition) is 5. The quantitative estimate of drug-likeness (QED) is 0.726. The zero-order valence-electron chi connectivity index (χ0n) is 11.6. The van der Waals surface area contributed by atoms with Crippen LogP contribution in [0, 0.1) is 5.92 Å². The van der Waals surface area contributed by atoms with E-state index in [0.717, 1.165) is 4.90 Å². The monoisotopic (exact) mass is 277 g/mol. The number of piperidine rings is 1. The van der Waals surface area contributed by atoms with Crippen molar-refractivity contribution in [3.63, 3.8) is 0 Å². The second-order valence-corrected chi connectivity index (χ2v) is 5.70. The van der Waals surface area contributed by atoms with Crippen molar-refractivity contribution in [1.29, 1.82) is 0 Å². The number of aliphatic hydroxyl groups is 1. The van der Waals surface area contributed by atoms with Crippen molar-refractivity contribution in [2.24, 2.45) is 5.92 Å². The van der Waals surface area contributed by atoms with Gasteiger partial charge in [-0.1, -0.05) is 0 Å². The molecule has 2 unspecified atom stereocenters. The van der Waals surface area contributed by atoms with Crippen LogP contribution < -0.4 is 0 Å². The minimum Gasteiger partial charge on any atom is -0.469 e. The number of carbonyl (C=O) groups is 2. The van der Waals surface area contributed by atoms with Gasteiger partial charge >= 0.3 is 12.1 Å². The molecule has 0 aliphatic carbocycles. The molecule has 0 saturated carbocycles. The molecule has 0 radical (unpaired) electrons. The Morgan fingerprint density at radius 3 is 2.47 bits per heavy atom. The molecule has 7 heteroatoms. The fourth-order valence-corrected chi connectivity index (χ4v) is 1.92. The van der Waals surface area contributed by atoms with E-state index < -0.39 is 36.0 Å². The number of rotatable bonds is 1. The summed E-state index contributed by atoms with van der Waals surface area (Å²) in [6, 6.07) is 0. The topological polar surface area (TPSA) is 76.1 Å². The van der Waals surface area contributed by atoms with E-state index in [2.05, 4.69) is 4.74 Å². The Morgan fingerprint density at radius 1 is 1.42 bits per heavy atom. The highest BCUT2D eigenvalue weighted by Gasteiger charge is 2.44. The van der Waals surface area contributed by atoms with E-state index in [9.17, 15) is 19.1 Å². The average molecular weight is 277 g/mol. The molecule has 1 fully saturated rings. The first-order chi connectivity index (χ1) is 8.54. The Morgan fingerprint density at radius 2 is 2.00 bits per heavy atom. The van der Waals surface area contributed by atoms with Crippen molar-refractivity contribution in [2.75, 3.05) is 20.2 Å². The number of methoxy groups -OCH3 is 1. The molecule has 19 heavy (non-hydrogen) atoms. The molecule has 0 aromatic carbocycles. The van der Waals surface area contributed by atoms with Gasteiger partial charge in [0.25, 0.3) is 0 Å². The molecule has 1 rings (SSSR count). The van der Waals surface area contributed by atoms with Gasteiger partial charge in [-0.25, -0.2) is 9.18 Å². The average Bonchev–Trinajstić information content (AvgIpc) is 2.23. The molecular weight excluding hydrogens is 257 g/mol. The zero-order valence-corrected chi connectivity index (χ0v) is 11.6. The summed E-state index contributed by atoms with van der Waals surface area (Å²) in [5.41, 5.74) is -0.732. The van der Waals surface area contributed by atoms with Crippen molar-refractivity contribution in [2.45, 2.75) is 38.6 Å². The van der Waals surface area contributed by atoms with Gasteiger partial charge in [0.2, 0.25) is 5.85 Å². The van der Waals surface area contributed by atoms with E-state index >= 15 is 0 Å². The molecule has 1 heterocycles. The van der Waals surface area contributed by atoms with Gasteiger partial charge in [0.1, 0.15) is 5.60 Å². The largest absolute Gasteiger partial charge is 0.469 e. The van der Waals surface area contributed by atoms with Gasteiger partial charge in [-0.3, -0.25) is 4.79 Å². The van der Waals surface area contributed by atoms with Crippen molar-refractivity contribution in [3.8, 4) is 0 Å². The van der Waals surface area contributed by atoms with Crippen LogP contribution >= 0.6 is 0 Å². The molecule has 2 atom stereocenters. The Bertz CT molecular complexity index is 364. The third kappa shape index (κ3) is 4.66. The number of ether oxygens (including phenoxy) is 2. The molecule has 1 saturated heterocycles. The Balaban J connectivity index is 2.78. The first kappa shape index (κ1) is 15.7. The first-order valence-corrected chi connectivity index (χ1v) is 6.01. The lowest BCUT2D eigenvalue weighted by Crippen LogP contribution is -2.54. The molecule has 0 bridgehead atoms. The Kier molecular flexibility index (Phi) is 4.39. The van der Waals surface area contributed by atoms with Gasteiger partial charge in [-0.05, 0) is 20.8 Å². The number of alkyl halides is 1. The van der Waals surface area contributed by atoms with Crippen LogP contribution in [0.5, 0.6) is 0 Å². The van der Waals surface area contributed by atoms with E-state index in [1.54, 1.807) is 20.8 Å². The lowest BCUT2D eigenvalue weighted by molar-refractivity contribution is -0.169. The highest BCUT2D eigenvalue weighted by atomic mass is 19.2. The van der Waals surface area contributed by atoms with Gasteiger partial charge < -0.3 is 19.5 Å². The van der Waals surface area contributed by atoms with Crippen LogP contribution in [0.2, 0.25) is 0 Å². The highest BCUT2D eigenvalue weighted by molar-refractivity contribution is 5.75. The van der Waals surface area contributed by atoms with Crippen LogP contribution in [0.25, 0.3) is 0 Å². The molecule has 1 amide bonds. The molecule has 0 spiro atoms. The number of hydrogen-bond donors (Lipinski definition) is 1. The minimum atomic E-state index is -2.62. The molecule has 1 N–H and O–H groups in total. The summed E-state index contributed by atoms with van der Waals surface area (Å²) in [5.74, 6) is -4.18. The van der Waals surface area contributed by atoms with Crippen molar-refractivity contribution < 1.29 is 28.6 Å². The number of halogens is 1. The van der Waals surface area contributed by atoms with E-state index in [-0.39, 0.29) is 13.0 Å². The van der Waals surface area contributed by atoms with Crippen LogP contribution in [0.3, 0.4) is 0 Å². The smallest absolute Gasteiger partial charge is 0.410 e. The third-order valence-corrected chi connectivity index (χ3v) is 2.62. The fourth-order valence-electron chi connectivity index (χ4n) is 1.92. The lowest BCUT2D eigenvalue weighted by atomic mass is 9.94. The molecule has 0 aromatic rings. The summed E-state index contributed by atoms with van der Waals surface area (Å²) >= 11 is 0. The standard InChI is InChI=1S/C12H20FNO5/c1-11(2,3)19-10(16)14-6-8(9(15)18-4)5-12(13,17)7-14/h8,17H,5-7H2,1-4H3. The van der Waals surface area contributed by atoms with Gasteiger partial charge in [0, 0.05) is 13.0 Å². The van der Waals surface area contributed by atoms with E-state index in [4.69, 9.17) is 4.74 Å². The van der Waals surface area contributed by atoms with Crippen LogP contribution in [0.1, 0.15) is 27.2 Å². The van der Waals surface area contributed by atoms with Crippen LogP contribution in [-0.2, 0) is 14.3 Å². The molecule has 6 nitrogen and oxygen atoms in total. The molecular formula is C12H20FNO5. The van der Waals surface area contributed by atoms with Gasteiger partial charge in [0.05, 0.1) is 19.6 Å². The van der Waals surface area contributed by atoms with Crippen molar-refractivity contribution in [3.05, 3.63) is 0 Å². The van der Waals surface area contributed by atoms with Crippen molar-refractivity contribution in [1.82, 2.24) is 4.90 Å². The van der Waals surface area contributed by atoms with Gasteiger partial charge in [0.15, 0.2) is 0 Å². The summed E-state index contributed by atoms with van der Waals surface area (Å²) in [6.07, 6.45) is -1.16.